The van der Waals surface area contributed by atoms with Crippen molar-refractivity contribution >= 4 is 23.6 Å². The van der Waals surface area contributed by atoms with Crippen molar-refractivity contribution in [2.75, 3.05) is 0 Å². The molecule has 0 saturated heterocycles. The first-order chi connectivity index (χ1) is 6.09. The molecule has 0 unspecified atom stereocenters. The predicted octanol–water partition coefficient (Wildman–Crippen LogP) is 2.58. The molecule has 0 bridgehead atoms. The van der Waals surface area contributed by atoms with Gasteiger partial charge in [-0.15, -0.1) is 0 Å². The molecule has 0 spiro atoms. The van der Waals surface area contributed by atoms with Crippen molar-refractivity contribution in [2.24, 2.45) is 0 Å². The molecule has 13 heavy (non-hydrogen) atoms. The van der Waals surface area contributed by atoms with Crippen LogP contribution in [0.1, 0.15) is 5.56 Å². The van der Waals surface area contributed by atoms with E-state index in [0.717, 1.165) is 12.1 Å². The zero-order valence-electron chi connectivity index (χ0n) is 6.50. The average molecular weight is 201 g/mol. The second-order valence-electron chi connectivity index (χ2n) is 2.34. The van der Waals surface area contributed by atoms with E-state index in [9.17, 15) is 9.18 Å². The van der Waals surface area contributed by atoms with Gasteiger partial charge in [0.25, 0.3) is 0 Å². The maximum atomic E-state index is 12.5. The second kappa shape index (κ2) is 4.05. The molecule has 1 aromatic carbocycles. The minimum Gasteiger partial charge on any atom is -0.478 e. The number of hydrogen-bond acceptors (Lipinski definition) is 1. The maximum Gasteiger partial charge on any atom is 0.328 e. The first kappa shape index (κ1) is 9.74. The maximum absolute atomic E-state index is 12.5. The molecule has 0 fully saturated rings. The van der Waals surface area contributed by atoms with E-state index in [-0.39, 0.29) is 5.02 Å². The molecule has 1 aromatic rings. The first-order valence-corrected chi connectivity index (χ1v) is 3.83. The van der Waals surface area contributed by atoms with Crippen molar-refractivity contribution in [3.05, 3.63) is 40.7 Å². The molecule has 0 aliphatic rings. The van der Waals surface area contributed by atoms with E-state index in [1.165, 1.54) is 18.2 Å². The molecular weight excluding hydrogens is 195 g/mol. The lowest BCUT2D eigenvalue weighted by Crippen LogP contribution is -1.86. The van der Waals surface area contributed by atoms with E-state index in [2.05, 4.69) is 0 Å². The molecule has 68 valence electrons. The van der Waals surface area contributed by atoms with E-state index in [0.29, 0.717) is 5.56 Å². The van der Waals surface area contributed by atoms with Gasteiger partial charge in [0.05, 0.1) is 5.02 Å². The first-order valence-electron chi connectivity index (χ1n) is 3.45. The fraction of sp³-hybridized carbons (Fsp3) is 0. The van der Waals surface area contributed by atoms with Crippen LogP contribution in [-0.4, -0.2) is 11.1 Å². The van der Waals surface area contributed by atoms with Crippen molar-refractivity contribution in [3.63, 3.8) is 0 Å². The van der Waals surface area contributed by atoms with Crippen LogP contribution >= 0.6 is 11.6 Å². The molecular formula is C9H6ClFO2. The summed E-state index contributed by atoms with van der Waals surface area (Å²) in [6.45, 7) is 0. The van der Waals surface area contributed by atoms with Crippen molar-refractivity contribution in [2.45, 2.75) is 0 Å². The van der Waals surface area contributed by atoms with E-state index in [1.54, 1.807) is 0 Å². The number of rotatable bonds is 2. The van der Waals surface area contributed by atoms with Crippen LogP contribution in [0.15, 0.2) is 24.3 Å². The second-order valence-corrected chi connectivity index (χ2v) is 2.74. The predicted molar refractivity (Wildman–Crippen MR) is 48.1 cm³/mol. The van der Waals surface area contributed by atoms with E-state index >= 15 is 0 Å². The molecule has 0 aromatic heterocycles. The van der Waals surface area contributed by atoms with Gasteiger partial charge in [-0.3, -0.25) is 0 Å². The molecule has 2 nitrogen and oxygen atoms in total. The molecule has 0 heterocycles. The van der Waals surface area contributed by atoms with Gasteiger partial charge < -0.3 is 5.11 Å². The van der Waals surface area contributed by atoms with Crippen molar-refractivity contribution in [1.29, 1.82) is 0 Å². The minimum absolute atomic E-state index is 0.192. The zero-order chi connectivity index (χ0) is 9.84. The quantitative estimate of drug-likeness (QED) is 0.745. The number of carboxylic acids is 1. The van der Waals surface area contributed by atoms with Crippen LogP contribution in [-0.2, 0) is 4.79 Å². The highest BCUT2D eigenvalue weighted by atomic mass is 35.5. The Morgan fingerprint density at radius 3 is 2.77 bits per heavy atom. The van der Waals surface area contributed by atoms with Gasteiger partial charge in [-0.05, 0) is 23.8 Å². The van der Waals surface area contributed by atoms with Crippen molar-refractivity contribution in [3.8, 4) is 0 Å². The van der Waals surface area contributed by atoms with Gasteiger partial charge in [-0.2, -0.15) is 0 Å². The minimum atomic E-state index is -1.07. The Hall–Kier alpha value is -1.35. The fourth-order valence-electron chi connectivity index (χ4n) is 0.798. The normalized spacial score (nSPS) is 10.6. The number of benzene rings is 1. The van der Waals surface area contributed by atoms with Gasteiger partial charge in [-0.25, -0.2) is 9.18 Å². The lowest BCUT2D eigenvalue weighted by molar-refractivity contribution is -0.131. The molecule has 0 radical (unpaired) electrons. The van der Waals surface area contributed by atoms with Crippen LogP contribution in [0.2, 0.25) is 5.02 Å². The fourth-order valence-corrected chi connectivity index (χ4v) is 1.03. The monoisotopic (exact) mass is 200 g/mol. The lowest BCUT2D eigenvalue weighted by Gasteiger charge is -1.96. The number of aliphatic carboxylic acids is 1. The SMILES string of the molecule is O=C(O)/C=C/c1ccc(F)cc1Cl. The van der Waals surface area contributed by atoms with E-state index < -0.39 is 11.8 Å². The Morgan fingerprint density at radius 2 is 2.23 bits per heavy atom. The summed E-state index contributed by atoms with van der Waals surface area (Å²) in [5.41, 5.74) is 0.477. The molecule has 1 N–H and O–H groups in total. The Morgan fingerprint density at radius 1 is 1.54 bits per heavy atom. The van der Waals surface area contributed by atoms with Gasteiger partial charge in [0.1, 0.15) is 5.82 Å². The summed E-state index contributed by atoms with van der Waals surface area (Å²) < 4.78 is 12.5. The summed E-state index contributed by atoms with van der Waals surface area (Å²) in [6, 6.07) is 3.76. The van der Waals surface area contributed by atoms with Crippen LogP contribution in [0.3, 0.4) is 0 Å². The molecule has 0 amide bonds. The highest BCUT2D eigenvalue weighted by molar-refractivity contribution is 6.32. The van der Waals surface area contributed by atoms with Crippen LogP contribution in [0, 0.1) is 5.82 Å². The topological polar surface area (TPSA) is 37.3 Å². The Bertz CT molecular complexity index is 361. The number of halogens is 2. The molecule has 0 saturated carbocycles. The van der Waals surface area contributed by atoms with Gasteiger partial charge in [0.2, 0.25) is 0 Å². The standard InChI is InChI=1S/C9H6ClFO2/c10-8-5-7(11)3-1-6(8)2-4-9(12)13/h1-5H,(H,12,13)/b4-2+. The highest BCUT2D eigenvalue weighted by Gasteiger charge is 1.98. The lowest BCUT2D eigenvalue weighted by atomic mass is 10.2. The number of carbonyl (C=O) groups is 1. The van der Waals surface area contributed by atoms with Gasteiger partial charge in [-0.1, -0.05) is 17.7 Å². The molecule has 1 rings (SSSR count). The molecule has 0 aliphatic heterocycles. The summed E-state index contributed by atoms with van der Waals surface area (Å²) in [5, 5.41) is 8.51. The molecule has 0 atom stereocenters. The van der Waals surface area contributed by atoms with Gasteiger partial charge in [0.15, 0.2) is 0 Å². The van der Waals surface area contributed by atoms with Crippen LogP contribution in [0.25, 0.3) is 6.08 Å². The third-order valence-corrected chi connectivity index (χ3v) is 1.70. The molecule has 0 aliphatic carbocycles. The Balaban J connectivity index is 2.96. The van der Waals surface area contributed by atoms with Crippen molar-refractivity contribution < 1.29 is 14.3 Å². The zero-order valence-corrected chi connectivity index (χ0v) is 7.25. The Kier molecular flexibility index (Phi) is 3.03. The number of hydrogen-bond donors (Lipinski definition) is 1. The largest absolute Gasteiger partial charge is 0.478 e. The van der Waals surface area contributed by atoms with E-state index in [1.807, 2.05) is 0 Å². The highest BCUT2D eigenvalue weighted by Crippen LogP contribution is 2.18. The van der Waals surface area contributed by atoms with E-state index in [4.69, 9.17) is 16.7 Å². The van der Waals surface area contributed by atoms with Crippen LogP contribution in [0.5, 0.6) is 0 Å². The smallest absolute Gasteiger partial charge is 0.328 e. The summed E-state index contributed by atoms with van der Waals surface area (Å²) in [4.78, 5) is 10.1. The van der Waals surface area contributed by atoms with Crippen LogP contribution in [0.4, 0.5) is 4.39 Å². The summed E-state index contributed by atoms with van der Waals surface area (Å²) in [5.74, 6) is -1.52. The Labute approximate surface area is 79.3 Å². The average Bonchev–Trinajstić information content (AvgIpc) is 2.02. The van der Waals surface area contributed by atoms with Gasteiger partial charge in [0, 0.05) is 6.08 Å². The summed E-state index contributed by atoms with van der Waals surface area (Å²) in [6.07, 6.45) is 2.25. The van der Waals surface area contributed by atoms with Crippen LogP contribution < -0.4 is 0 Å². The third kappa shape index (κ3) is 2.87. The van der Waals surface area contributed by atoms with Crippen molar-refractivity contribution in [1.82, 2.24) is 0 Å². The van der Waals surface area contributed by atoms with Gasteiger partial charge >= 0.3 is 5.97 Å². The molecule has 4 heteroatoms. The third-order valence-electron chi connectivity index (χ3n) is 1.37. The number of carboxylic acid groups (broad SMARTS) is 1. The summed E-state index contributed by atoms with van der Waals surface area (Å²) in [7, 11) is 0. The summed E-state index contributed by atoms with van der Waals surface area (Å²) >= 11 is 5.63.